The molecule has 1 aromatic carbocycles. The first-order valence-electron chi connectivity index (χ1n) is 8.38. The molecular formula is C19H20N6O2. The zero-order valence-corrected chi connectivity index (χ0v) is 15.0. The molecule has 2 heterocycles. The summed E-state index contributed by atoms with van der Waals surface area (Å²) in [5, 5.41) is 9.37. The number of carbonyl (C=O) groups is 2. The van der Waals surface area contributed by atoms with Crippen molar-refractivity contribution in [3.05, 3.63) is 66.1 Å². The number of rotatable bonds is 4. The van der Waals surface area contributed by atoms with Gasteiger partial charge in [0, 0.05) is 29.7 Å². The van der Waals surface area contributed by atoms with E-state index in [-0.39, 0.29) is 6.04 Å². The van der Waals surface area contributed by atoms with Crippen LogP contribution in [0.4, 0.5) is 11.5 Å². The Balaban J connectivity index is 1.66. The zero-order chi connectivity index (χ0) is 19.4. The van der Waals surface area contributed by atoms with E-state index in [1.165, 1.54) is 0 Å². The summed E-state index contributed by atoms with van der Waals surface area (Å²) >= 11 is 0. The normalized spacial score (nSPS) is 11.7. The van der Waals surface area contributed by atoms with Gasteiger partial charge in [-0.3, -0.25) is 14.6 Å². The summed E-state index contributed by atoms with van der Waals surface area (Å²) in [7, 11) is 0. The van der Waals surface area contributed by atoms with Gasteiger partial charge in [0.05, 0.1) is 11.9 Å². The summed E-state index contributed by atoms with van der Waals surface area (Å²) in [6, 6.07) is 10.5. The Morgan fingerprint density at radius 1 is 1.11 bits per heavy atom. The molecule has 0 bridgehead atoms. The molecule has 1 atom stereocenters. The maximum Gasteiger partial charge on any atom is 0.315 e. The molecule has 0 aliphatic rings. The van der Waals surface area contributed by atoms with Crippen molar-refractivity contribution in [3.63, 3.8) is 0 Å². The van der Waals surface area contributed by atoms with Crippen LogP contribution in [0.15, 0.2) is 55.0 Å². The van der Waals surface area contributed by atoms with Crippen molar-refractivity contribution >= 4 is 23.3 Å². The topological polar surface area (TPSA) is 115 Å². The summed E-state index contributed by atoms with van der Waals surface area (Å²) in [5.74, 6) is -1.27. The fourth-order valence-electron chi connectivity index (χ4n) is 2.43. The van der Waals surface area contributed by atoms with Crippen molar-refractivity contribution < 1.29 is 9.59 Å². The highest BCUT2D eigenvalue weighted by Gasteiger charge is 2.17. The SMILES string of the molecule is Cc1cn(-c2cccnc2)nc1NC(=O)C(=O)Nc1ccc([C@H](C)N)cc1. The Hall–Kier alpha value is -3.52. The number of nitrogens with two attached hydrogens (primary N) is 1. The van der Waals surface area contributed by atoms with Crippen LogP contribution in [0.1, 0.15) is 24.1 Å². The Labute approximate surface area is 156 Å². The molecule has 0 saturated heterocycles. The molecule has 0 saturated carbocycles. The van der Waals surface area contributed by atoms with Crippen LogP contribution >= 0.6 is 0 Å². The van der Waals surface area contributed by atoms with Crippen LogP contribution in [0, 0.1) is 6.92 Å². The zero-order valence-electron chi connectivity index (χ0n) is 15.0. The molecule has 0 fully saturated rings. The van der Waals surface area contributed by atoms with Gasteiger partial charge in [-0.1, -0.05) is 12.1 Å². The highest BCUT2D eigenvalue weighted by Crippen LogP contribution is 2.16. The van der Waals surface area contributed by atoms with Crippen LogP contribution in [0.3, 0.4) is 0 Å². The molecule has 27 heavy (non-hydrogen) atoms. The molecule has 8 nitrogen and oxygen atoms in total. The van der Waals surface area contributed by atoms with Crippen molar-refractivity contribution in [2.75, 3.05) is 10.6 Å². The molecule has 0 spiro atoms. The second-order valence-corrected chi connectivity index (χ2v) is 6.14. The number of anilines is 2. The number of hydrogen-bond acceptors (Lipinski definition) is 5. The fraction of sp³-hybridized carbons (Fsp3) is 0.158. The molecule has 2 amide bonds. The van der Waals surface area contributed by atoms with Crippen LogP contribution < -0.4 is 16.4 Å². The highest BCUT2D eigenvalue weighted by molar-refractivity contribution is 6.43. The average molecular weight is 364 g/mol. The van der Waals surface area contributed by atoms with Gasteiger partial charge in [0.25, 0.3) is 0 Å². The van der Waals surface area contributed by atoms with Crippen LogP contribution in [0.25, 0.3) is 5.69 Å². The minimum atomic E-state index is -0.800. The van der Waals surface area contributed by atoms with E-state index in [1.807, 2.05) is 13.0 Å². The second-order valence-electron chi connectivity index (χ2n) is 6.14. The van der Waals surface area contributed by atoms with Gasteiger partial charge in [0.2, 0.25) is 0 Å². The minimum Gasteiger partial charge on any atom is -0.324 e. The van der Waals surface area contributed by atoms with Crippen LogP contribution in [0.5, 0.6) is 0 Å². The van der Waals surface area contributed by atoms with E-state index >= 15 is 0 Å². The number of nitrogens with one attached hydrogen (secondary N) is 2. The van der Waals surface area contributed by atoms with E-state index in [0.717, 1.165) is 16.8 Å². The first-order chi connectivity index (χ1) is 12.9. The third kappa shape index (κ3) is 4.36. The molecule has 3 aromatic rings. The number of hydrogen-bond donors (Lipinski definition) is 3. The molecule has 3 rings (SSSR count). The van der Waals surface area contributed by atoms with Crippen molar-refractivity contribution in [1.29, 1.82) is 0 Å². The number of aryl methyl sites for hydroxylation is 1. The number of carbonyl (C=O) groups excluding carboxylic acids is 2. The van der Waals surface area contributed by atoms with Gasteiger partial charge in [0.15, 0.2) is 5.82 Å². The number of amides is 2. The van der Waals surface area contributed by atoms with Crippen LogP contribution in [0.2, 0.25) is 0 Å². The summed E-state index contributed by atoms with van der Waals surface area (Å²) in [5.41, 5.74) is 8.72. The van der Waals surface area contributed by atoms with Crippen molar-refractivity contribution in [1.82, 2.24) is 14.8 Å². The molecule has 0 radical (unpaired) electrons. The van der Waals surface area contributed by atoms with Gasteiger partial charge < -0.3 is 16.4 Å². The van der Waals surface area contributed by atoms with Crippen LogP contribution in [-0.4, -0.2) is 26.6 Å². The smallest absolute Gasteiger partial charge is 0.315 e. The third-order valence-electron chi connectivity index (χ3n) is 3.94. The lowest BCUT2D eigenvalue weighted by molar-refractivity contribution is -0.133. The average Bonchev–Trinajstić information content (AvgIpc) is 3.03. The summed E-state index contributed by atoms with van der Waals surface area (Å²) in [6.07, 6.45) is 5.06. The number of nitrogens with zero attached hydrogens (tertiary/aromatic N) is 3. The molecule has 138 valence electrons. The lowest BCUT2D eigenvalue weighted by Crippen LogP contribution is -2.29. The summed E-state index contributed by atoms with van der Waals surface area (Å²) < 4.78 is 1.59. The van der Waals surface area contributed by atoms with Gasteiger partial charge in [-0.2, -0.15) is 0 Å². The Bertz CT molecular complexity index is 948. The monoisotopic (exact) mass is 364 g/mol. The lowest BCUT2D eigenvalue weighted by atomic mass is 10.1. The number of aromatic nitrogens is 3. The minimum absolute atomic E-state index is 0.101. The highest BCUT2D eigenvalue weighted by atomic mass is 16.2. The van der Waals surface area contributed by atoms with Crippen molar-refractivity contribution in [2.45, 2.75) is 19.9 Å². The van der Waals surface area contributed by atoms with Crippen molar-refractivity contribution in [3.8, 4) is 5.69 Å². The fourth-order valence-corrected chi connectivity index (χ4v) is 2.43. The van der Waals surface area contributed by atoms with E-state index in [9.17, 15) is 9.59 Å². The molecule has 4 N–H and O–H groups in total. The van der Waals surface area contributed by atoms with E-state index in [4.69, 9.17) is 5.73 Å². The maximum atomic E-state index is 12.2. The Morgan fingerprint density at radius 2 is 1.81 bits per heavy atom. The largest absolute Gasteiger partial charge is 0.324 e. The predicted octanol–water partition coefficient (Wildman–Crippen LogP) is 2.17. The quantitative estimate of drug-likeness (QED) is 0.614. The van der Waals surface area contributed by atoms with Crippen LogP contribution in [-0.2, 0) is 9.59 Å². The Morgan fingerprint density at radius 3 is 2.44 bits per heavy atom. The second kappa shape index (κ2) is 7.79. The van der Waals surface area contributed by atoms with Gasteiger partial charge in [-0.05, 0) is 43.7 Å². The first kappa shape index (κ1) is 18.3. The molecule has 2 aromatic heterocycles. The molecule has 8 heteroatoms. The molecular weight excluding hydrogens is 344 g/mol. The summed E-state index contributed by atoms with van der Waals surface area (Å²) in [4.78, 5) is 28.3. The number of benzene rings is 1. The van der Waals surface area contributed by atoms with Gasteiger partial charge in [0.1, 0.15) is 0 Å². The van der Waals surface area contributed by atoms with E-state index in [1.54, 1.807) is 60.5 Å². The predicted molar refractivity (Wildman–Crippen MR) is 102 cm³/mol. The molecule has 0 aliphatic carbocycles. The standard InChI is InChI=1S/C19H20N6O2/c1-12-11-25(16-4-3-9-21-10-16)24-17(12)23-19(27)18(26)22-15-7-5-14(6-8-15)13(2)20/h3-11,13H,20H2,1-2H3,(H,22,26)(H,23,24,27)/t13-/m0/s1. The molecule has 0 unspecified atom stereocenters. The Kier molecular flexibility index (Phi) is 5.28. The van der Waals surface area contributed by atoms with E-state index < -0.39 is 11.8 Å². The summed E-state index contributed by atoms with van der Waals surface area (Å²) in [6.45, 7) is 3.66. The maximum absolute atomic E-state index is 12.2. The van der Waals surface area contributed by atoms with E-state index in [0.29, 0.717) is 11.5 Å². The van der Waals surface area contributed by atoms with Gasteiger partial charge >= 0.3 is 11.8 Å². The van der Waals surface area contributed by atoms with E-state index in [2.05, 4.69) is 20.7 Å². The molecule has 0 aliphatic heterocycles. The first-order valence-corrected chi connectivity index (χ1v) is 8.38. The lowest BCUT2D eigenvalue weighted by Gasteiger charge is -2.08. The van der Waals surface area contributed by atoms with Crippen molar-refractivity contribution in [2.24, 2.45) is 5.73 Å². The number of pyridine rings is 1. The third-order valence-corrected chi connectivity index (χ3v) is 3.94. The van der Waals surface area contributed by atoms with Gasteiger partial charge in [-0.15, -0.1) is 5.10 Å². The van der Waals surface area contributed by atoms with Gasteiger partial charge in [-0.25, -0.2) is 4.68 Å².